The second-order valence-electron chi connectivity index (χ2n) is 7.47. The van der Waals surface area contributed by atoms with E-state index in [-0.39, 0.29) is 18.9 Å². The summed E-state index contributed by atoms with van der Waals surface area (Å²) in [4.78, 5) is 14.7. The van der Waals surface area contributed by atoms with Gasteiger partial charge in [-0.1, -0.05) is 31.5 Å². The lowest BCUT2D eigenvalue weighted by atomic mass is 9.84. The summed E-state index contributed by atoms with van der Waals surface area (Å²) in [5.41, 5.74) is 0.894. The number of carbonyl (C=O) groups excluding carboxylic acids is 1. The number of ether oxygens (including phenoxy) is 1. The summed E-state index contributed by atoms with van der Waals surface area (Å²) in [5.74, 6) is 0.664. The fraction of sp³-hybridized carbons (Fsp3) is 0.650. The Bertz CT molecular complexity index is 550. The highest BCUT2D eigenvalue weighted by Gasteiger charge is 2.49. The molecule has 3 saturated heterocycles. The van der Waals surface area contributed by atoms with Crippen LogP contribution < -0.4 is 4.90 Å². The zero-order chi connectivity index (χ0) is 17.7. The Kier molecular flexibility index (Phi) is 5.97. The van der Waals surface area contributed by atoms with E-state index in [1.165, 1.54) is 12.8 Å². The lowest BCUT2D eigenvalue weighted by molar-refractivity contribution is -0.984. The molecule has 138 valence electrons. The van der Waals surface area contributed by atoms with Crippen LogP contribution in [-0.4, -0.2) is 54.7 Å². The van der Waals surface area contributed by atoms with Crippen LogP contribution in [-0.2, 0) is 4.74 Å². The van der Waals surface area contributed by atoms with Gasteiger partial charge in [0.1, 0.15) is 6.54 Å². The first-order chi connectivity index (χ1) is 12.2. The van der Waals surface area contributed by atoms with Crippen molar-refractivity contribution in [2.45, 2.75) is 45.3 Å². The molecule has 3 aliphatic rings. The van der Waals surface area contributed by atoms with Gasteiger partial charge in [-0.15, -0.1) is 0 Å². The zero-order valence-electron chi connectivity index (χ0n) is 15.3. The molecular formula is C20H31N2O3+. The van der Waals surface area contributed by atoms with Crippen molar-refractivity contribution in [3.63, 3.8) is 0 Å². The number of hydrogen-bond donors (Lipinski definition) is 1. The van der Waals surface area contributed by atoms with Gasteiger partial charge in [0.2, 0.25) is 6.23 Å². The molecule has 1 aromatic carbocycles. The van der Waals surface area contributed by atoms with E-state index in [0.29, 0.717) is 19.0 Å². The Hall–Kier alpha value is -1.59. The Balaban J connectivity index is 1.74. The third kappa shape index (κ3) is 3.98. The molecule has 0 aromatic heterocycles. The molecule has 5 nitrogen and oxygen atoms in total. The zero-order valence-corrected chi connectivity index (χ0v) is 15.3. The van der Waals surface area contributed by atoms with Crippen LogP contribution in [0.5, 0.6) is 0 Å². The van der Waals surface area contributed by atoms with Crippen LogP contribution in [0, 0.1) is 5.92 Å². The average Bonchev–Trinajstić information content (AvgIpc) is 2.64. The molecule has 2 bridgehead atoms. The number of para-hydroxylation sites is 1. The van der Waals surface area contributed by atoms with E-state index in [9.17, 15) is 9.90 Å². The van der Waals surface area contributed by atoms with E-state index in [1.54, 1.807) is 4.90 Å². The number of piperidine rings is 3. The largest absolute Gasteiger partial charge is 0.418 e. The summed E-state index contributed by atoms with van der Waals surface area (Å²) >= 11 is 0. The van der Waals surface area contributed by atoms with Crippen molar-refractivity contribution in [3.05, 3.63) is 30.3 Å². The molecular weight excluding hydrogens is 316 g/mol. The van der Waals surface area contributed by atoms with E-state index in [0.717, 1.165) is 42.5 Å². The van der Waals surface area contributed by atoms with Gasteiger partial charge in [0.05, 0.1) is 19.7 Å². The number of quaternary nitrogens is 1. The van der Waals surface area contributed by atoms with Crippen LogP contribution in [0.15, 0.2) is 30.3 Å². The number of unbranched alkanes of at least 4 members (excludes halogenated alkanes) is 1. The van der Waals surface area contributed by atoms with Crippen molar-refractivity contribution in [3.8, 4) is 0 Å². The number of aliphatic hydroxyl groups excluding tert-OH is 1. The maximum absolute atomic E-state index is 13.0. The van der Waals surface area contributed by atoms with Gasteiger partial charge in [0.25, 0.3) is 0 Å². The second kappa shape index (κ2) is 8.19. The first kappa shape index (κ1) is 18.2. The Morgan fingerprint density at radius 2 is 2.00 bits per heavy atom. The molecule has 25 heavy (non-hydrogen) atoms. The number of fused-ring (bicyclic) bond motifs is 3. The minimum Gasteiger partial charge on any atom is -0.396 e. The number of benzene rings is 1. The molecule has 0 radical (unpaired) electrons. The highest BCUT2D eigenvalue weighted by molar-refractivity contribution is 5.87. The molecule has 0 saturated carbocycles. The van der Waals surface area contributed by atoms with Crippen LogP contribution in [0.4, 0.5) is 10.5 Å². The van der Waals surface area contributed by atoms with Gasteiger partial charge in [-0.2, -0.15) is 0 Å². The van der Waals surface area contributed by atoms with Crippen LogP contribution in [0.1, 0.15) is 39.0 Å². The number of nitrogens with zero attached hydrogens (tertiary/aromatic N) is 2. The van der Waals surface area contributed by atoms with Crippen LogP contribution in [0.2, 0.25) is 0 Å². The van der Waals surface area contributed by atoms with Gasteiger partial charge in [0.15, 0.2) is 0 Å². The number of hydrogen-bond acceptors (Lipinski definition) is 3. The van der Waals surface area contributed by atoms with E-state index >= 15 is 0 Å². The first-order valence-electron chi connectivity index (χ1n) is 9.68. The lowest BCUT2D eigenvalue weighted by Crippen LogP contribution is -2.66. The van der Waals surface area contributed by atoms with Crippen LogP contribution in [0.25, 0.3) is 0 Å². The molecule has 0 spiro atoms. The smallest absolute Gasteiger partial charge is 0.396 e. The highest BCUT2D eigenvalue weighted by Crippen LogP contribution is 2.39. The van der Waals surface area contributed by atoms with Crippen LogP contribution >= 0.6 is 0 Å². The predicted octanol–water partition coefficient (Wildman–Crippen LogP) is 3.38. The fourth-order valence-electron chi connectivity index (χ4n) is 4.32. The number of aliphatic hydroxyl groups is 1. The molecule has 4 rings (SSSR count). The monoisotopic (exact) mass is 347 g/mol. The number of anilines is 1. The van der Waals surface area contributed by atoms with Crippen molar-refractivity contribution in [2.24, 2.45) is 5.92 Å². The first-order valence-corrected chi connectivity index (χ1v) is 9.68. The molecule has 3 fully saturated rings. The van der Waals surface area contributed by atoms with Crippen molar-refractivity contribution >= 4 is 11.8 Å². The fourth-order valence-corrected chi connectivity index (χ4v) is 4.32. The molecule has 3 aliphatic heterocycles. The minimum atomic E-state index is -0.243. The molecule has 1 atom stereocenters. The molecule has 1 N–H and O–H groups in total. The normalized spacial score (nSPS) is 27.9. The SMILES string of the molecule is CCCCN(C(=O)OC1CC2CC[N+]1(CCO)CC2)c1ccccc1. The standard InChI is InChI=1S/C20H31N2O3/c1-2-3-11-21(18-7-5-4-6-8-18)20(24)25-19-16-17-9-12-22(19,13-10-17)14-15-23/h4-8,17,19,23H,2-3,9-16H2,1H3/q+1. The van der Waals surface area contributed by atoms with Crippen molar-refractivity contribution in [2.75, 3.05) is 37.7 Å². The minimum absolute atomic E-state index is 0.111. The Morgan fingerprint density at radius 1 is 1.28 bits per heavy atom. The van der Waals surface area contributed by atoms with Crippen molar-refractivity contribution < 1.29 is 19.1 Å². The summed E-state index contributed by atoms with van der Waals surface area (Å²) in [6.45, 7) is 5.67. The Morgan fingerprint density at radius 3 is 2.64 bits per heavy atom. The van der Waals surface area contributed by atoms with E-state index < -0.39 is 0 Å². The maximum atomic E-state index is 13.0. The average molecular weight is 347 g/mol. The van der Waals surface area contributed by atoms with E-state index in [1.807, 2.05) is 30.3 Å². The van der Waals surface area contributed by atoms with Crippen molar-refractivity contribution in [1.82, 2.24) is 0 Å². The molecule has 5 heteroatoms. The van der Waals surface area contributed by atoms with Gasteiger partial charge in [-0.05, 0) is 24.5 Å². The molecule has 1 unspecified atom stereocenters. The summed E-state index contributed by atoms with van der Waals surface area (Å²) < 4.78 is 6.79. The Labute approximate surface area is 150 Å². The molecule has 1 aromatic rings. The second-order valence-corrected chi connectivity index (χ2v) is 7.47. The van der Waals surface area contributed by atoms with Gasteiger partial charge >= 0.3 is 6.09 Å². The molecule has 1 amide bonds. The van der Waals surface area contributed by atoms with Gasteiger partial charge < -0.3 is 9.84 Å². The summed E-state index contributed by atoms with van der Waals surface area (Å²) in [6.07, 6.45) is 4.94. The van der Waals surface area contributed by atoms with Crippen LogP contribution in [0.3, 0.4) is 0 Å². The number of rotatable bonds is 7. The van der Waals surface area contributed by atoms with Crippen molar-refractivity contribution in [1.29, 1.82) is 0 Å². The number of amides is 1. The maximum Gasteiger partial charge on any atom is 0.418 e. The van der Waals surface area contributed by atoms with E-state index in [2.05, 4.69) is 6.92 Å². The predicted molar refractivity (Wildman–Crippen MR) is 98.3 cm³/mol. The summed E-state index contributed by atoms with van der Waals surface area (Å²) in [6, 6.07) is 9.78. The number of carbonyl (C=O) groups is 1. The van der Waals surface area contributed by atoms with E-state index in [4.69, 9.17) is 4.74 Å². The van der Waals surface area contributed by atoms with Gasteiger partial charge in [0, 0.05) is 31.5 Å². The topological polar surface area (TPSA) is 49.8 Å². The molecule has 3 heterocycles. The third-order valence-electron chi connectivity index (χ3n) is 5.92. The van der Waals surface area contributed by atoms with Gasteiger partial charge in [-0.3, -0.25) is 9.38 Å². The quantitative estimate of drug-likeness (QED) is 0.769. The van der Waals surface area contributed by atoms with Gasteiger partial charge in [-0.25, -0.2) is 4.79 Å². The summed E-state index contributed by atoms with van der Waals surface area (Å²) in [7, 11) is 0. The highest BCUT2D eigenvalue weighted by atomic mass is 16.6. The molecule has 0 aliphatic carbocycles. The third-order valence-corrected chi connectivity index (χ3v) is 5.92. The lowest BCUT2D eigenvalue weighted by Gasteiger charge is -2.53. The summed E-state index contributed by atoms with van der Waals surface area (Å²) in [5, 5.41) is 9.52.